The van der Waals surface area contributed by atoms with E-state index in [1.54, 1.807) is 0 Å². The van der Waals surface area contributed by atoms with Crippen LogP contribution in [0.25, 0.3) is 10.9 Å². The molecular formula is C14H18N2O2. The minimum atomic E-state index is -0.767. The predicted molar refractivity (Wildman–Crippen MR) is 71.6 cm³/mol. The Balaban J connectivity index is 2.17. The van der Waals surface area contributed by atoms with Gasteiger partial charge in [-0.05, 0) is 18.6 Å². The molecule has 0 atom stereocenters. The van der Waals surface area contributed by atoms with Crippen molar-refractivity contribution in [1.29, 1.82) is 0 Å². The van der Waals surface area contributed by atoms with Crippen LogP contribution in [0, 0.1) is 6.92 Å². The Bertz CT molecular complexity index is 572. The third kappa shape index (κ3) is 2.38. The van der Waals surface area contributed by atoms with Gasteiger partial charge in [0.25, 0.3) is 0 Å². The van der Waals surface area contributed by atoms with Gasteiger partial charge in [0.1, 0.15) is 0 Å². The number of rotatable bonds is 5. The summed E-state index contributed by atoms with van der Waals surface area (Å²) in [7, 11) is 2.05. The van der Waals surface area contributed by atoms with Crippen LogP contribution in [-0.2, 0) is 18.4 Å². The molecule has 0 fully saturated rings. The normalized spacial score (nSPS) is 11.0. The Morgan fingerprint density at radius 2 is 2.11 bits per heavy atom. The highest BCUT2D eigenvalue weighted by Crippen LogP contribution is 2.24. The van der Waals surface area contributed by atoms with E-state index in [-0.39, 0.29) is 6.42 Å². The summed E-state index contributed by atoms with van der Waals surface area (Å²) in [6.45, 7) is 3.30. The first-order valence-electron chi connectivity index (χ1n) is 6.06. The number of para-hydroxylation sites is 1. The van der Waals surface area contributed by atoms with Gasteiger partial charge in [0.05, 0.1) is 6.42 Å². The van der Waals surface area contributed by atoms with Crippen molar-refractivity contribution in [2.75, 3.05) is 6.54 Å². The van der Waals surface area contributed by atoms with Crippen molar-refractivity contribution in [3.05, 3.63) is 35.5 Å². The van der Waals surface area contributed by atoms with Gasteiger partial charge in [0.2, 0.25) is 0 Å². The quantitative estimate of drug-likeness (QED) is 0.794. The van der Waals surface area contributed by atoms with E-state index in [0.29, 0.717) is 13.1 Å². The Labute approximate surface area is 106 Å². The summed E-state index contributed by atoms with van der Waals surface area (Å²) in [5.41, 5.74) is 3.68. The maximum atomic E-state index is 10.4. The zero-order valence-electron chi connectivity index (χ0n) is 10.7. The highest BCUT2D eigenvalue weighted by atomic mass is 16.4. The number of carboxylic acids is 1. The lowest BCUT2D eigenvalue weighted by atomic mass is 10.1. The van der Waals surface area contributed by atoms with Gasteiger partial charge < -0.3 is 15.0 Å². The molecule has 1 heterocycles. The van der Waals surface area contributed by atoms with Gasteiger partial charge in [-0.2, -0.15) is 0 Å². The Morgan fingerprint density at radius 1 is 1.39 bits per heavy atom. The molecule has 2 aromatic rings. The molecule has 1 aromatic heterocycles. The number of benzene rings is 1. The molecule has 1 aromatic carbocycles. The first-order chi connectivity index (χ1) is 8.61. The third-order valence-corrected chi connectivity index (χ3v) is 3.35. The molecule has 0 aliphatic carbocycles. The monoisotopic (exact) mass is 246 g/mol. The van der Waals surface area contributed by atoms with Gasteiger partial charge >= 0.3 is 5.97 Å². The van der Waals surface area contributed by atoms with Crippen molar-refractivity contribution in [3.63, 3.8) is 0 Å². The zero-order valence-corrected chi connectivity index (χ0v) is 10.7. The summed E-state index contributed by atoms with van der Waals surface area (Å²) in [5.74, 6) is -0.767. The largest absolute Gasteiger partial charge is 0.481 e. The molecule has 0 amide bonds. The molecule has 0 saturated carbocycles. The molecule has 0 unspecified atom stereocenters. The van der Waals surface area contributed by atoms with Gasteiger partial charge in [0, 0.05) is 36.7 Å². The van der Waals surface area contributed by atoms with Crippen molar-refractivity contribution in [3.8, 4) is 0 Å². The van der Waals surface area contributed by atoms with Gasteiger partial charge in [-0.25, -0.2) is 0 Å². The summed E-state index contributed by atoms with van der Waals surface area (Å²) in [4.78, 5) is 10.4. The number of nitrogens with one attached hydrogen (secondary N) is 1. The summed E-state index contributed by atoms with van der Waals surface area (Å²) in [6, 6.07) is 8.27. The molecule has 0 radical (unpaired) electrons. The summed E-state index contributed by atoms with van der Waals surface area (Å²) in [5, 5.41) is 13.0. The van der Waals surface area contributed by atoms with E-state index in [0.717, 1.165) is 0 Å². The van der Waals surface area contributed by atoms with Gasteiger partial charge in [-0.3, -0.25) is 4.79 Å². The fourth-order valence-corrected chi connectivity index (χ4v) is 2.23. The van der Waals surface area contributed by atoms with Crippen LogP contribution in [0.4, 0.5) is 0 Å². The molecule has 4 nitrogen and oxygen atoms in total. The number of carbonyl (C=O) groups is 1. The van der Waals surface area contributed by atoms with Gasteiger partial charge in [-0.15, -0.1) is 0 Å². The van der Waals surface area contributed by atoms with E-state index in [4.69, 9.17) is 5.11 Å². The number of aliphatic carboxylic acids is 1. The van der Waals surface area contributed by atoms with Crippen molar-refractivity contribution in [1.82, 2.24) is 9.88 Å². The van der Waals surface area contributed by atoms with Crippen LogP contribution in [0.2, 0.25) is 0 Å². The second kappa shape index (κ2) is 5.23. The van der Waals surface area contributed by atoms with E-state index in [2.05, 4.69) is 36.0 Å². The van der Waals surface area contributed by atoms with Crippen LogP contribution >= 0.6 is 0 Å². The lowest BCUT2D eigenvalue weighted by Gasteiger charge is -2.04. The van der Waals surface area contributed by atoms with E-state index >= 15 is 0 Å². The lowest BCUT2D eigenvalue weighted by molar-refractivity contribution is -0.136. The second-order valence-corrected chi connectivity index (χ2v) is 4.46. The van der Waals surface area contributed by atoms with Crippen molar-refractivity contribution < 1.29 is 9.90 Å². The average molecular weight is 246 g/mol. The van der Waals surface area contributed by atoms with Crippen LogP contribution < -0.4 is 5.32 Å². The number of hydrogen-bond acceptors (Lipinski definition) is 2. The number of carboxylic acid groups (broad SMARTS) is 1. The highest BCUT2D eigenvalue weighted by Gasteiger charge is 2.10. The molecule has 0 aliphatic heterocycles. The second-order valence-electron chi connectivity index (χ2n) is 4.46. The summed E-state index contributed by atoms with van der Waals surface area (Å²) < 4.78 is 2.17. The third-order valence-electron chi connectivity index (χ3n) is 3.35. The van der Waals surface area contributed by atoms with Crippen molar-refractivity contribution >= 4 is 16.9 Å². The maximum Gasteiger partial charge on any atom is 0.304 e. The fourth-order valence-electron chi connectivity index (χ4n) is 2.23. The van der Waals surface area contributed by atoms with Crippen molar-refractivity contribution in [2.45, 2.75) is 19.9 Å². The maximum absolute atomic E-state index is 10.4. The van der Waals surface area contributed by atoms with Gasteiger partial charge in [0.15, 0.2) is 0 Å². The summed E-state index contributed by atoms with van der Waals surface area (Å²) in [6.07, 6.45) is 0.157. The van der Waals surface area contributed by atoms with Gasteiger partial charge in [-0.1, -0.05) is 18.2 Å². The van der Waals surface area contributed by atoms with E-state index < -0.39 is 5.97 Å². The molecule has 0 spiro atoms. The Hall–Kier alpha value is -1.81. The van der Waals surface area contributed by atoms with Crippen LogP contribution in [0.3, 0.4) is 0 Å². The fraction of sp³-hybridized carbons (Fsp3) is 0.357. The van der Waals surface area contributed by atoms with Crippen LogP contribution in [0.1, 0.15) is 17.7 Å². The SMILES string of the molecule is Cc1c(CNCCC(=O)O)c2ccccc2n1C. The number of aryl methyl sites for hydroxylation is 1. The molecule has 2 N–H and O–H groups in total. The Kier molecular flexibility index (Phi) is 3.67. The van der Waals surface area contributed by atoms with E-state index in [1.165, 1.54) is 22.2 Å². The Morgan fingerprint density at radius 3 is 2.83 bits per heavy atom. The summed E-state index contributed by atoms with van der Waals surface area (Å²) >= 11 is 0. The van der Waals surface area contributed by atoms with Crippen LogP contribution in [0.5, 0.6) is 0 Å². The molecule has 18 heavy (non-hydrogen) atoms. The molecule has 2 rings (SSSR count). The van der Waals surface area contributed by atoms with Crippen LogP contribution in [-0.4, -0.2) is 22.2 Å². The number of aromatic nitrogens is 1. The van der Waals surface area contributed by atoms with Crippen LogP contribution in [0.15, 0.2) is 24.3 Å². The predicted octanol–water partition coefficient (Wildman–Crippen LogP) is 2.05. The molecular weight excluding hydrogens is 228 g/mol. The molecule has 4 heteroatoms. The highest BCUT2D eigenvalue weighted by molar-refractivity contribution is 5.85. The van der Waals surface area contributed by atoms with E-state index in [9.17, 15) is 4.79 Å². The average Bonchev–Trinajstić information content (AvgIpc) is 2.59. The number of fused-ring (bicyclic) bond motifs is 1. The first-order valence-corrected chi connectivity index (χ1v) is 6.06. The molecule has 0 aliphatic rings. The zero-order chi connectivity index (χ0) is 13.1. The van der Waals surface area contributed by atoms with Crippen molar-refractivity contribution in [2.24, 2.45) is 7.05 Å². The number of hydrogen-bond donors (Lipinski definition) is 2. The minimum Gasteiger partial charge on any atom is -0.481 e. The lowest BCUT2D eigenvalue weighted by Crippen LogP contribution is -2.18. The first kappa shape index (κ1) is 12.6. The van der Waals surface area contributed by atoms with E-state index in [1.807, 2.05) is 12.1 Å². The number of nitrogens with zero attached hydrogens (tertiary/aromatic N) is 1. The minimum absolute atomic E-state index is 0.157. The molecule has 0 saturated heterocycles. The standard InChI is InChI=1S/C14H18N2O2/c1-10-12(9-15-8-7-14(17)18)11-5-3-4-6-13(11)16(10)2/h3-6,15H,7-9H2,1-2H3,(H,17,18). The topological polar surface area (TPSA) is 54.3 Å². The smallest absolute Gasteiger partial charge is 0.304 e. The molecule has 0 bridgehead atoms. The molecule has 96 valence electrons.